The van der Waals surface area contributed by atoms with Crippen LogP contribution in [-0.4, -0.2) is 25.8 Å². The van der Waals surface area contributed by atoms with Gasteiger partial charge in [-0.2, -0.15) is 5.10 Å². The molecule has 0 spiro atoms. The number of methoxy groups -OCH3 is 1. The van der Waals surface area contributed by atoms with Crippen molar-refractivity contribution in [3.05, 3.63) is 106 Å². The number of anilines is 1. The first-order chi connectivity index (χ1) is 16.5. The summed E-state index contributed by atoms with van der Waals surface area (Å²) in [5, 5.41) is 4.77. The fourth-order valence-electron chi connectivity index (χ4n) is 4.56. The van der Waals surface area contributed by atoms with Gasteiger partial charge in [-0.05, 0) is 79.9 Å². The minimum atomic E-state index is -0.298. The zero-order chi connectivity index (χ0) is 24.1. The average molecular weight is 474 g/mol. The minimum Gasteiger partial charge on any atom is -0.497 e. The van der Waals surface area contributed by atoms with Gasteiger partial charge in [0.2, 0.25) is 0 Å². The Morgan fingerprint density at radius 1 is 1.12 bits per heavy atom. The lowest BCUT2D eigenvalue weighted by Crippen LogP contribution is -2.30. The number of nitrogens with zero attached hydrogens (tertiary/aromatic N) is 2. The second-order valence-corrected chi connectivity index (χ2v) is 8.84. The van der Waals surface area contributed by atoms with Gasteiger partial charge in [0.1, 0.15) is 5.75 Å². The molecular weight excluding hydrogens is 446 g/mol. The highest BCUT2D eigenvalue weighted by molar-refractivity contribution is 6.30. The van der Waals surface area contributed by atoms with Gasteiger partial charge in [-0.25, -0.2) is 5.43 Å². The van der Waals surface area contributed by atoms with E-state index < -0.39 is 0 Å². The van der Waals surface area contributed by atoms with Crippen molar-refractivity contribution >= 4 is 29.4 Å². The molecule has 34 heavy (non-hydrogen) atoms. The summed E-state index contributed by atoms with van der Waals surface area (Å²) in [7, 11) is 1.69. The molecule has 1 N–H and O–H groups in total. The smallest absolute Gasteiger partial charge is 0.271 e. The van der Waals surface area contributed by atoms with E-state index in [1.165, 1.54) is 11.1 Å². The van der Waals surface area contributed by atoms with Crippen molar-refractivity contribution in [2.45, 2.75) is 25.7 Å². The molecule has 3 aromatic rings. The molecule has 0 fully saturated rings. The third-order valence-corrected chi connectivity index (χ3v) is 6.49. The van der Waals surface area contributed by atoms with Crippen molar-refractivity contribution in [3.8, 4) is 5.75 Å². The number of carbonyl (C=O) groups excluding carboxylic acids is 1. The summed E-state index contributed by atoms with van der Waals surface area (Å²) in [4.78, 5) is 14.7. The number of nitrogens with one attached hydrogen (secondary N) is 1. The van der Waals surface area contributed by atoms with Gasteiger partial charge in [0, 0.05) is 40.1 Å². The molecule has 0 radical (unpaired) electrons. The number of ether oxygens (including phenoxy) is 1. The van der Waals surface area contributed by atoms with E-state index in [4.69, 9.17) is 16.3 Å². The highest BCUT2D eigenvalue weighted by Crippen LogP contribution is 2.50. The van der Waals surface area contributed by atoms with Gasteiger partial charge in [-0.3, -0.25) is 4.79 Å². The van der Waals surface area contributed by atoms with Crippen molar-refractivity contribution in [2.24, 2.45) is 5.10 Å². The van der Waals surface area contributed by atoms with Gasteiger partial charge in [0.15, 0.2) is 0 Å². The summed E-state index contributed by atoms with van der Waals surface area (Å²) in [5.74, 6) is 0.546. The Kier molecular flexibility index (Phi) is 7.03. The minimum absolute atomic E-state index is 0.287. The molecule has 0 bridgehead atoms. The predicted octanol–water partition coefficient (Wildman–Crippen LogP) is 5.99. The zero-order valence-electron chi connectivity index (χ0n) is 19.6. The Bertz CT molecular complexity index is 1220. The largest absolute Gasteiger partial charge is 0.497 e. The van der Waals surface area contributed by atoms with Crippen molar-refractivity contribution in [2.75, 3.05) is 18.6 Å². The van der Waals surface area contributed by atoms with E-state index >= 15 is 0 Å². The Morgan fingerprint density at radius 3 is 2.53 bits per heavy atom. The van der Waals surface area contributed by atoms with Crippen LogP contribution in [0.15, 0.2) is 89.7 Å². The normalized spacial score (nSPS) is 18.4. The molecule has 3 aromatic carbocycles. The molecular formula is C28H28ClN3O2. The number of hydrogen-bond acceptors (Lipinski definition) is 4. The fraction of sp³-hybridized carbons (Fsp3) is 0.214. The van der Waals surface area contributed by atoms with Crippen LogP contribution < -0.4 is 15.1 Å². The van der Waals surface area contributed by atoms with Crippen molar-refractivity contribution in [1.29, 1.82) is 0 Å². The van der Waals surface area contributed by atoms with Crippen LogP contribution in [-0.2, 0) is 11.8 Å². The highest BCUT2D eigenvalue weighted by atomic mass is 35.5. The maximum Gasteiger partial charge on any atom is 0.271 e. The lowest BCUT2D eigenvalue weighted by Gasteiger charge is -2.30. The van der Waals surface area contributed by atoms with Crippen molar-refractivity contribution in [1.82, 2.24) is 5.43 Å². The molecule has 1 amide bonds. The number of halogens is 1. The van der Waals surface area contributed by atoms with Gasteiger partial charge in [0.25, 0.3) is 5.91 Å². The maximum atomic E-state index is 12.4. The number of likely N-dealkylation sites (N-methyl/N-ethyl adjacent to an activating group) is 1. The molecule has 0 saturated carbocycles. The van der Waals surface area contributed by atoms with Crippen LogP contribution in [0.25, 0.3) is 0 Å². The fourth-order valence-corrected chi connectivity index (χ4v) is 4.69. The summed E-state index contributed by atoms with van der Waals surface area (Å²) in [6.07, 6.45) is 4.46. The van der Waals surface area contributed by atoms with Crippen molar-refractivity contribution < 1.29 is 9.53 Å². The van der Waals surface area contributed by atoms with E-state index in [1.807, 2.05) is 18.2 Å². The summed E-state index contributed by atoms with van der Waals surface area (Å²) in [6.45, 7) is 5.19. The van der Waals surface area contributed by atoms with Gasteiger partial charge in [0.05, 0.1) is 7.11 Å². The summed E-state index contributed by atoms with van der Waals surface area (Å²) in [6, 6.07) is 23.4. The maximum absolute atomic E-state index is 12.4. The molecule has 5 nitrogen and oxygen atoms in total. The number of hydrogen-bond donors (Lipinski definition) is 1. The topological polar surface area (TPSA) is 53.9 Å². The Labute approximate surface area is 205 Å². The number of benzene rings is 3. The molecule has 1 atom stereocenters. The van der Waals surface area contributed by atoms with E-state index in [2.05, 4.69) is 65.7 Å². The van der Waals surface area contributed by atoms with E-state index in [-0.39, 0.29) is 11.3 Å². The number of allylic oxidation sites excluding steroid dienone is 2. The Morgan fingerprint density at radius 2 is 1.85 bits per heavy atom. The molecule has 1 aliphatic heterocycles. The number of rotatable bonds is 7. The van der Waals surface area contributed by atoms with Crippen LogP contribution in [0, 0.1) is 0 Å². The first-order valence-corrected chi connectivity index (χ1v) is 11.6. The van der Waals surface area contributed by atoms with Gasteiger partial charge in [-0.15, -0.1) is 0 Å². The van der Waals surface area contributed by atoms with E-state index in [0.29, 0.717) is 10.6 Å². The molecule has 1 aliphatic rings. The lowest BCUT2D eigenvalue weighted by molar-refractivity contribution is 0.0955. The third-order valence-electron chi connectivity index (χ3n) is 6.24. The zero-order valence-corrected chi connectivity index (χ0v) is 20.3. The second kappa shape index (κ2) is 10.1. The molecule has 0 aliphatic carbocycles. The Hall–Kier alpha value is -3.57. The first-order valence-electron chi connectivity index (χ1n) is 11.3. The molecule has 174 valence electrons. The van der Waals surface area contributed by atoms with Crippen LogP contribution in [0.3, 0.4) is 0 Å². The van der Waals surface area contributed by atoms with Crippen LogP contribution in [0.2, 0.25) is 5.02 Å². The average Bonchev–Trinajstić information content (AvgIpc) is 3.09. The standard InChI is InChI=1S/C28H28ClN3O2/c1-4-32-25-15-14-23(34-3)18-24(25)28(2,19-20-8-6-5-7-9-20)26(32)16-17-30-31-27(33)21-10-12-22(29)13-11-21/h5-18H,4,19H2,1-3H3,(H,31,33)/b26-16-,30-17+. The molecule has 1 unspecified atom stereocenters. The lowest BCUT2D eigenvalue weighted by atomic mass is 9.76. The summed E-state index contributed by atoms with van der Waals surface area (Å²) >= 11 is 5.90. The molecule has 6 heteroatoms. The number of amides is 1. The van der Waals surface area contributed by atoms with Crippen LogP contribution in [0.5, 0.6) is 5.75 Å². The number of carbonyl (C=O) groups is 1. The van der Waals surface area contributed by atoms with Gasteiger partial charge < -0.3 is 9.64 Å². The van der Waals surface area contributed by atoms with Crippen molar-refractivity contribution in [3.63, 3.8) is 0 Å². The molecule has 0 aromatic heterocycles. The van der Waals surface area contributed by atoms with E-state index in [1.54, 1.807) is 37.6 Å². The van der Waals surface area contributed by atoms with Crippen LogP contribution >= 0.6 is 11.6 Å². The number of hydrazone groups is 1. The monoisotopic (exact) mass is 473 g/mol. The van der Waals surface area contributed by atoms with Crippen LogP contribution in [0.4, 0.5) is 5.69 Å². The molecule has 4 rings (SSSR count). The quantitative estimate of drug-likeness (QED) is 0.339. The number of fused-ring (bicyclic) bond motifs is 1. The molecule has 1 heterocycles. The van der Waals surface area contributed by atoms with Gasteiger partial charge >= 0.3 is 0 Å². The summed E-state index contributed by atoms with van der Waals surface area (Å²) in [5.41, 5.74) is 7.53. The molecule has 0 saturated heterocycles. The highest BCUT2D eigenvalue weighted by Gasteiger charge is 2.43. The predicted molar refractivity (Wildman–Crippen MR) is 139 cm³/mol. The summed E-state index contributed by atoms with van der Waals surface area (Å²) < 4.78 is 5.54. The Balaban J connectivity index is 1.66. The SMILES string of the molecule is CCN1/C(=C\C=N\NC(=O)c2ccc(Cl)cc2)C(C)(Cc2ccccc2)c2cc(OC)ccc21. The van der Waals surface area contributed by atoms with Crippen LogP contribution in [0.1, 0.15) is 35.3 Å². The second-order valence-electron chi connectivity index (χ2n) is 8.40. The van der Waals surface area contributed by atoms with Gasteiger partial charge in [-0.1, -0.05) is 41.9 Å². The van der Waals surface area contributed by atoms with E-state index in [0.717, 1.165) is 30.1 Å². The van der Waals surface area contributed by atoms with E-state index in [9.17, 15) is 4.79 Å². The third kappa shape index (κ3) is 4.70. The first kappa shape index (κ1) is 23.6.